The minimum atomic E-state index is -4.21. The first-order valence-corrected chi connectivity index (χ1v) is 14.3. The number of ether oxygens (including phenoxy) is 1. The Labute approximate surface area is 220 Å². The molecule has 3 aromatic rings. The van der Waals surface area contributed by atoms with Crippen LogP contribution in [0.1, 0.15) is 50.8 Å². The fourth-order valence-corrected chi connectivity index (χ4v) is 5.71. The van der Waals surface area contributed by atoms with E-state index >= 15 is 0 Å². The molecule has 11 heteroatoms. The normalized spacial score (nSPS) is 14.1. The van der Waals surface area contributed by atoms with Crippen LogP contribution in [0.15, 0.2) is 54.6 Å². The van der Waals surface area contributed by atoms with Crippen molar-refractivity contribution in [3.05, 3.63) is 81.3 Å². The van der Waals surface area contributed by atoms with E-state index in [4.69, 9.17) is 9.88 Å². The summed E-state index contributed by atoms with van der Waals surface area (Å²) in [6, 6.07) is 17.7. The molecule has 2 amide bonds. The Kier molecular flexibility index (Phi) is 7.96. The van der Waals surface area contributed by atoms with E-state index < -0.39 is 21.5 Å². The molecule has 196 valence electrons. The minimum Gasteiger partial charge on any atom is -0.497 e. The zero-order chi connectivity index (χ0) is 26.6. The van der Waals surface area contributed by atoms with Crippen LogP contribution in [0.2, 0.25) is 0 Å². The van der Waals surface area contributed by atoms with Crippen molar-refractivity contribution in [3.63, 3.8) is 0 Å². The molecule has 1 saturated carbocycles. The van der Waals surface area contributed by atoms with Gasteiger partial charge in [-0.3, -0.25) is 9.59 Å². The van der Waals surface area contributed by atoms with Crippen LogP contribution < -0.4 is 14.6 Å². The van der Waals surface area contributed by atoms with Crippen LogP contribution in [-0.2, 0) is 33.4 Å². The number of carbonyl (C=O) groups excluding carboxylic acids is 2. The lowest BCUT2D eigenvalue weighted by Gasteiger charge is -2.27. The maximum Gasteiger partial charge on any atom is 0.299 e. The summed E-state index contributed by atoms with van der Waals surface area (Å²) in [7, 11) is -2.60. The number of nitrogens with two attached hydrogens (primary N) is 1. The quantitative estimate of drug-likeness (QED) is 0.383. The largest absolute Gasteiger partial charge is 0.497 e. The molecule has 0 unspecified atom stereocenters. The number of benzene rings is 2. The summed E-state index contributed by atoms with van der Waals surface area (Å²) in [6.07, 6.45) is 3.09. The molecule has 1 aliphatic carbocycles. The third-order valence-corrected chi connectivity index (χ3v) is 7.87. The molecule has 0 saturated heterocycles. The van der Waals surface area contributed by atoms with Crippen LogP contribution in [0.3, 0.4) is 0 Å². The Hall–Kier alpha value is -3.28. The van der Waals surface area contributed by atoms with Gasteiger partial charge in [0.1, 0.15) is 16.5 Å². The van der Waals surface area contributed by atoms with Gasteiger partial charge in [-0.2, -0.15) is 8.42 Å². The van der Waals surface area contributed by atoms with Crippen LogP contribution in [0.4, 0.5) is 0 Å². The molecule has 0 spiro atoms. The number of nitrogens with zero attached hydrogens (tertiary/aromatic N) is 2. The highest BCUT2D eigenvalue weighted by Crippen LogP contribution is 2.50. The van der Waals surface area contributed by atoms with Crippen molar-refractivity contribution in [3.8, 4) is 5.75 Å². The summed E-state index contributed by atoms with van der Waals surface area (Å²) in [4.78, 5) is 33.0. The Morgan fingerprint density at radius 1 is 1.14 bits per heavy atom. The lowest BCUT2D eigenvalue weighted by molar-refractivity contribution is -0.134. The predicted molar refractivity (Wildman–Crippen MR) is 142 cm³/mol. The molecule has 0 bridgehead atoms. The lowest BCUT2D eigenvalue weighted by atomic mass is 9.94. The van der Waals surface area contributed by atoms with Gasteiger partial charge in [0.25, 0.3) is 16.1 Å². The van der Waals surface area contributed by atoms with Gasteiger partial charge >= 0.3 is 0 Å². The summed E-state index contributed by atoms with van der Waals surface area (Å²) >= 11 is 1.26. The number of rotatable bonds is 11. The second-order valence-electron chi connectivity index (χ2n) is 9.12. The average Bonchev–Trinajstić information content (AvgIpc) is 3.59. The van der Waals surface area contributed by atoms with Gasteiger partial charge in [-0.25, -0.2) is 14.8 Å². The van der Waals surface area contributed by atoms with Crippen molar-refractivity contribution in [1.82, 2.24) is 14.6 Å². The summed E-state index contributed by atoms with van der Waals surface area (Å²) in [6.45, 7) is 2.42. The summed E-state index contributed by atoms with van der Waals surface area (Å²) < 4.78 is 29.6. The first-order chi connectivity index (χ1) is 17.6. The summed E-state index contributed by atoms with van der Waals surface area (Å²) in [5.74, 6) is -0.134. The topological polar surface area (TPSA) is 132 Å². The Bertz CT molecular complexity index is 1370. The number of aromatic nitrogens is 1. The van der Waals surface area contributed by atoms with Gasteiger partial charge in [0, 0.05) is 11.4 Å². The number of methoxy groups -OCH3 is 1. The van der Waals surface area contributed by atoms with Crippen molar-refractivity contribution in [2.75, 3.05) is 13.7 Å². The zero-order valence-electron chi connectivity index (χ0n) is 20.8. The van der Waals surface area contributed by atoms with Crippen molar-refractivity contribution in [2.24, 2.45) is 5.14 Å². The van der Waals surface area contributed by atoms with Gasteiger partial charge in [-0.1, -0.05) is 42.5 Å². The maximum atomic E-state index is 13.9. The number of carbonyl (C=O) groups is 2. The molecule has 0 atom stereocenters. The van der Waals surface area contributed by atoms with E-state index in [0.29, 0.717) is 16.4 Å². The number of thiazole rings is 1. The van der Waals surface area contributed by atoms with Crippen LogP contribution in [0.25, 0.3) is 0 Å². The highest BCUT2D eigenvalue weighted by molar-refractivity contribution is 7.87. The summed E-state index contributed by atoms with van der Waals surface area (Å²) in [5.41, 5.74) is 1.55. The van der Waals surface area contributed by atoms with Crippen LogP contribution in [-0.4, -0.2) is 43.8 Å². The predicted octanol–water partition coefficient (Wildman–Crippen LogP) is 3.09. The third-order valence-electron chi connectivity index (χ3n) is 6.44. The first-order valence-electron chi connectivity index (χ1n) is 11.9. The van der Waals surface area contributed by atoms with Crippen molar-refractivity contribution >= 4 is 33.4 Å². The Morgan fingerprint density at radius 3 is 2.41 bits per heavy atom. The van der Waals surface area contributed by atoms with E-state index in [1.807, 2.05) is 42.5 Å². The van der Waals surface area contributed by atoms with E-state index in [-0.39, 0.29) is 18.1 Å². The monoisotopic (exact) mass is 542 g/mol. The van der Waals surface area contributed by atoms with Crippen LogP contribution >= 0.6 is 11.3 Å². The highest BCUT2D eigenvalue weighted by atomic mass is 32.2. The Morgan fingerprint density at radius 2 is 1.81 bits per heavy atom. The molecule has 1 aromatic heterocycles. The second-order valence-corrected chi connectivity index (χ2v) is 11.7. The standard InChI is InChI=1S/C26H30N4O5S2/c1-18-23(24(31)29-37(27,33)34)28-22(36-18)17-30(16-6-9-19-7-4-3-5-8-19)25(32)26(14-15-26)20-10-12-21(35-2)13-11-20/h3-5,7-8,10-13H,6,9,14-17H2,1-2H3,(H,29,31)(H2,27,33,34). The number of amides is 2. The number of nitrogens with one attached hydrogen (secondary N) is 1. The first kappa shape index (κ1) is 26.8. The van der Waals surface area contributed by atoms with E-state index in [9.17, 15) is 18.0 Å². The molecule has 9 nitrogen and oxygen atoms in total. The van der Waals surface area contributed by atoms with E-state index in [0.717, 1.165) is 37.0 Å². The van der Waals surface area contributed by atoms with Gasteiger partial charge in [0.2, 0.25) is 5.91 Å². The fraction of sp³-hybridized carbons (Fsp3) is 0.346. The fourth-order valence-electron chi connectivity index (χ4n) is 4.41. The molecule has 1 aliphatic rings. The van der Waals surface area contributed by atoms with Gasteiger partial charge in [-0.05, 0) is 55.9 Å². The molecular formula is C26H30N4O5S2. The average molecular weight is 543 g/mol. The molecule has 37 heavy (non-hydrogen) atoms. The van der Waals surface area contributed by atoms with Gasteiger partial charge < -0.3 is 9.64 Å². The molecule has 0 aliphatic heterocycles. The number of hydrogen-bond donors (Lipinski definition) is 2. The van der Waals surface area contributed by atoms with E-state index in [1.54, 1.807) is 23.7 Å². The molecular weight excluding hydrogens is 512 g/mol. The van der Waals surface area contributed by atoms with Crippen molar-refractivity contribution in [2.45, 2.75) is 44.6 Å². The number of aryl methyl sites for hydroxylation is 2. The van der Waals surface area contributed by atoms with E-state index in [2.05, 4.69) is 17.1 Å². The molecule has 1 heterocycles. The number of hydrogen-bond acceptors (Lipinski definition) is 7. The molecule has 4 rings (SSSR count). The third kappa shape index (κ3) is 6.54. The van der Waals surface area contributed by atoms with Crippen molar-refractivity contribution in [1.29, 1.82) is 0 Å². The molecule has 0 radical (unpaired) electrons. The van der Waals surface area contributed by atoms with Gasteiger partial charge in [0.15, 0.2) is 0 Å². The Balaban J connectivity index is 1.55. The lowest BCUT2D eigenvalue weighted by Crippen LogP contribution is -2.39. The molecule has 3 N–H and O–H groups in total. The maximum absolute atomic E-state index is 13.9. The summed E-state index contributed by atoms with van der Waals surface area (Å²) in [5, 5.41) is 5.49. The highest BCUT2D eigenvalue weighted by Gasteiger charge is 2.53. The zero-order valence-corrected chi connectivity index (χ0v) is 22.4. The molecule has 2 aromatic carbocycles. The van der Waals surface area contributed by atoms with Gasteiger partial charge in [0.05, 0.1) is 19.1 Å². The second kappa shape index (κ2) is 11.0. The molecule has 1 fully saturated rings. The SMILES string of the molecule is COc1ccc(C2(C(=O)N(CCCc3ccccc3)Cc3nc(C(=O)NS(N)(=O)=O)c(C)s3)CC2)cc1. The van der Waals surface area contributed by atoms with E-state index in [1.165, 1.54) is 16.9 Å². The van der Waals surface area contributed by atoms with Crippen LogP contribution in [0.5, 0.6) is 5.75 Å². The minimum absolute atomic E-state index is 0.0120. The van der Waals surface area contributed by atoms with Crippen LogP contribution in [0, 0.1) is 6.92 Å². The van der Waals surface area contributed by atoms with Crippen molar-refractivity contribution < 1.29 is 22.7 Å². The van der Waals surface area contributed by atoms with Gasteiger partial charge in [-0.15, -0.1) is 11.3 Å². The smallest absolute Gasteiger partial charge is 0.299 e.